The maximum absolute atomic E-state index is 12.4. The van der Waals surface area contributed by atoms with Crippen molar-refractivity contribution in [2.24, 2.45) is 0 Å². The smallest absolute Gasteiger partial charge is 0.232 e. The topological polar surface area (TPSA) is 20.3 Å². The van der Waals surface area contributed by atoms with Gasteiger partial charge in [-0.25, -0.2) is 0 Å². The first kappa shape index (κ1) is 14.2. The van der Waals surface area contributed by atoms with Gasteiger partial charge < -0.3 is 4.90 Å². The highest BCUT2D eigenvalue weighted by Gasteiger charge is 2.31. The van der Waals surface area contributed by atoms with Gasteiger partial charge in [-0.1, -0.05) is 46.3 Å². The van der Waals surface area contributed by atoms with Crippen LogP contribution < -0.4 is 0 Å². The predicted octanol–water partition coefficient (Wildman–Crippen LogP) is 3.21. The number of halogens is 1. The van der Waals surface area contributed by atoms with E-state index in [4.69, 9.17) is 0 Å². The fourth-order valence-corrected chi connectivity index (χ4v) is 2.10. The molecule has 0 atom stereocenters. The molecule has 3 heteroatoms. The third-order valence-corrected chi connectivity index (χ3v) is 3.56. The summed E-state index contributed by atoms with van der Waals surface area (Å²) in [7, 11) is 1.87. The van der Waals surface area contributed by atoms with Crippen LogP contribution in [0.5, 0.6) is 0 Å². The van der Waals surface area contributed by atoms with Crippen molar-refractivity contribution in [3.8, 4) is 0 Å². The first-order valence-corrected chi connectivity index (χ1v) is 6.99. The van der Waals surface area contributed by atoms with Gasteiger partial charge in [0.2, 0.25) is 5.91 Å². The summed E-state index contributed by atoms with van der Waals surface area (Å²) in [6, 6.07) is 9.94. The zero-order valence-corrected chi connectivity index (χ0v) is 12.3. The Hall–Kier alpha value is -0.830. The van der Waals surface area contributed by atoms with Gasteiger partial charge in [-0.15, -0.1) is 0 Å². The summed E-state index contributed by atoms with van der Waals surface area (Å²) in [4.78, 5) is 14.2. The van der Waals surface area contributed by atoms with Crippen molar-refractivity contribution < 1.29 is 4.79 Å². The van der Waals surface area contributed by atoms with E-state index in [2.05, 4.69) is 15.9 Å². The highest BCUT2D eigenvalue weighted by molar-refractivity contribution is 9.09. The summed E-state index contributed by atoms with van der Waals surface area (Å²) in [6.07, 6.45) is 0.979. The maximum atomic E-state index is 12.4. The zero-order chi connectivity index (χ0) is 12.9. The van der Waals surface area contributed by atoms with E-state index in [1.54, 1.807) is 0 Å². The molecule has 17 heavy (non-hydrogen) atoms. The summed E-state index contributed by atoms with van der Waals surface area (Å²) in [5.41, 5.74) is 0.609. The minimum Gasteiger partial charge on any atom is -0.345 e. The highest BCUT2D eigenvalue weighted by Crippen LogP contribution is 2.25. The molecule has 0 spiro atoms. The van der Waals surface area contributed by atoms with Crippen LogP contribution in [0.1, 0.15) is 25.8 Å². The average molecular weight is 298 g/mol. The van der Waals surface area contributed by atoms with Crippen LogP contribution in [-0.2, 0) is 10.2 Å². The molecule has 0 saturated carbocycles. The number of benzene rings is 1. The van der Waals surface area contributed by atoms with Gasteiger partial charge in [0.25, 0.3) is 0 Å². The second-order valence-electron chi connectivity index (χ2n) is 4.76. The molecule has 2 nitrogen and oxygen atoms in total. The van der Waals surface area contributed by atoms with E-state index in [9.17, 15) is 4.79 Å². The van der Waals surface area contributed by atoms with E-state index in [1.165, 1.54) is 0 Å². The minimum atomic E-state index is -0.456. The fourth-order valence-electron chi connectivity index (χ4n) is 1.85. The van der Waals surface area contributed by atoms with Crippen LogP contribution in [0, 0.1) is 0 Å². The highest BCUT2D eigenvalue weighted by atomic mass is 79.9. The summed E-state index contributed by atoms with van der Waals surface area (Å²) < 4.78 is 0. The zero-order valence-electron chi connectivity index (χ0n) is 10.7. The normalized spacial score (nSPS) is 11.3. The van der Waals surface area contributed by atoms with Crippen molar-refractivity contribution in [3.63, 3.8) is 0 Å². The molecule has 0 aliphatic rings. The van der Waals surface area contributed by atoms with Crippen LogP contribution in [0.15, 0.2) is 30.3 Å². The number of alkyl halides is 1. The van der Waals surface area contributed by atoms with Crippen LogP contribution in [0.4, 0.5) is 0 Å². The van der Waals surface area contributed by atoms with Crippen molar-refractivity contribution >= 4 is 21.8 Å². The molecular formula is C14H20BrNO. The maximum Gasteiger partial charge on any atom is 0.232 e. The van der Waals surface area contributed by atoms with Crippen LogP contribution in [-0.4, -0.2) is 29.7 Å². The quantitative estimate of drug-likeness (QED) is 0.764. The van der Waals surface area contributed by atoms with Crippen LogP contribution >= 0.6 is 15.9 Å². The van der Waals surface area contributed by atoms with Gasteiger partial charge in [-0.2, -0.15) is 0 Å². The predicted molar refractivity (Wildman–Crippen MR) is 75.5 cm³/mol. The van der Waals surface area contributed by atoms with Gasteiger partial charge >= 0.3 is 0 Å². The summed E-state index contributed by atoms with van der Waals surface area (Å²) >= 11 is 3.38. The third-order valence-electron chi connectivity index (χ3n) is 3.00. The Balaban J connectivity index is 2.80. The molecule has 1 rings (SSSR count). The number of carbonyl (C=O) groups is 1. The van der Waals surface area contributed by atoms with Crippen molar-refractivity contribution in [2.75, 3.05) is 18.9 Å². The van der Waals surface area contributed by atoms with E-state index in [0.29, 0.717) is 0 Å². The summed E-state index contributed by atoms with van der Waals surface area (Å²) in [5, 5.41) is 0.927. The van der Waals surface area contributed by atoms with Crippen molar-refractivity contribution in [2.45, 2.75) is 25.7 Å². The average Bonchev–Trinajstić information content (AvgIpc) is 2.36. The third kappa shape index (κ3) is 3.56. The van der Waals surface area contributed by atoms with E-state index < -0.39 is 5.41 Å². The molecule has 0 aliphatic carbocycles. The van der Waals surface area contributed by atoms with E-state index in [0.717, 1.165) is 23.9 Å². The molecule has 0 bridgehead atoms. The first-order chi connectivity index (χ1) is 8.00. The Kier molecular flexibility index (Phi) is 5.19. The Morgan fingerprint density at radius 3 is 2.41 bits per heavy atom. The molecule has 0 unspecified atom stereocenters. The van der Waals surface area contributed by atoms with Gasteiger partial charge in [-0.3, -0.25) is 4.79 Å². The van der Waals surface area contributed by atoms with E-state index in [-0.39, 0.29) is 5.91 Å². The molecule has 1 amide bonds. The van der Waals surface area contributed by atoms with E-state index >= 15 is 0 Å². The minimum absolute atomic E-state index is 0.171. The number of rotatable bonds is 5. The Morgan fingerprint density at radius 2 is 1.88 bits per heavy atom. The number of hydrogen-bond donors (Lipinski definition) is 0. The number of likely N-dealkylation sites (N-methyl/N-ethyl adjacent to an activating group) is 1. The van der Waals surface area contributed by atoms with Gasteiger partial charge in [0.1, 0.15) is 0 Å². The summed E-state index contributed by atoms with van der Waals surface area (Å²) in [5.74, 6) is 0.171. The van der Waals surface area contributed by atoms with Gasteiger partial charge in [0.15, 0.2) is 0 Å². The molecule has 1 aromatic carbocycles. The SMILES string of the molecule is CN(CCCBr)C(=O)C(C)(C)c1ccccc1. The Morgan fingerprint density at radius 1 is 1.29 bits per heavy atom. The fraction of sp³-hybridized carbons (Fsp3) is 0.500. The molecule has 1 aromatic rings. The van der Waals surface area contributed by atoms with Crippen molar-refractivity contribution in [1.29, 1.82) is 0 Å². The van der Waals surface area contributed by atoms with E-state index in [1.807, 2.05) is 56.1 Å². The number of nitrogens with zero attached hydrogens (tertiary/aromatic N) is 1. The Labute approximate surface area is 112 Å². The molecule has 94 valence electrons. The molecule has 0 N–H and O–H groups in total. The number of hydrogen-bond acceptors (Lipinski definition) is 1. The second-order valence-corrected chi connectivity index (χ2v) is 5.55. The molecule has 0 aliphatic heterocycles. The summed E-state index contributed by atoms with van der Waals surface area (Å²) in [6.45, 7) is 4.75. The largest absolute Gasteiger partial charge is 0.345 e. The molecule has 0 fully saturated rings. The second kappa shape index (κ2) is 6.20. The Bertz CT molecular complexity index is 362. The van der Waals surface area contributed by atoms with Gasteiger partial charge in [0.05, 0.1) is 5.41 Å². The molecule has 0 saturated heterocycles. The monoisotopic (exact) mass is 297 g/mol. The lowest BCUT2D eigenvalue weighted by atomic mass is 9.83. The van der Waals surface area contributed by atoms with Crippen molar-refractivity contribution in [1.82, 2.24) is 4.90 Å². The molecule has 0 radical (unpaired) electrons. The van der Waals surface area contributed by atoms with Crippen LogP contribution in [0.3, 0.4) is 0 Å². The lowest BCUT2D eigenvalue weighted by Crippen LogP contribution is -2.41. The van der Waals surface area contributed by atoms with Gasteiger partial charge in [0, 0.05) is 18.9 Å². The molecule has 0 heterocycles. The number of amides is 1. The van der Waals surface area contributed by atoms with Crippen LogP contribution in [0.25, 0.3) is 0 Å². The molecular weight excluding hydrogens is 278 g/mol. The molecule has 0 aromatic heterocycles. The standard InChI is InChI=1S/C14H20BrNO/c1-14(2,12-8-5-4-6-9-12)13(17)16(3)11-7-10-15/h4-6,8-9H,7,10-11H2,1-3H3. The number of carbonyl (C=O) groups excluding carboxylic acids is 1. The first-order valence-electron chi connectivity index (χ1n) is 5.87. The lowest BCUT2D eigenvalue weighted by molar-refractivity contribution is -0.134. The van der Waals surface area contributed by atoms with Crippen molar-refractivity contribution in [3.05, 3.63) is 35.9 Å². The van der Waals surface area contributed by atoms with Crippen LogP contribution in [0.2, 0.25) is 0 Å². The lowest BCUT2D eigenvalue weighted by Gasteiger charge is -2.29. The van der Waals surface area contributed by atoms with Gasteiger partial charge in [-0.05, 0) is 25.8 Å².